The predicted molar refractivity (Wildman–Crippen MR) is 119 cm³/mol. The third-order valence-electron chi connectivity index (χ3n) is 4.58. The Morgan fingerprint density at radius 2 is 1.61 bits per heavy atom. The van der Waals surface area contributed by atoms with Gasteiger partial charge in [0.05, 0.1) is 5.69 Å². The molecule has 194 valence electrons. The van der Waals surface area contributed by atoms with E-state index >= 15 is 0 Å². The van der Waals surface area contributed by atoms with Crippen molar-refractivity contribution in [3.8, 4) is 17.0 Å². The Hall–Kier alpha value is -3.81. The molecule has 7 nitrogen and oxygen atoms in total. The first kappa shape index (κ1) is 26.8. The van der Waals surface area contributed by atoms with E-state index in [0.717, 1.165) is 18.7 Å². The van der Waals surface area contributed by atoms with Crippen molar-refractivity contribution in [1.82, 2.24) is 14.9 Å². The van der Waals surface area contributed by atoms with E-state index in [9.17, 15) is 30.7 Å². The molecule has 0 unspecified atom stereocenters. The average Bonchev–Trinajstić information content (AvgIpc) is 2.79. The van der Waals surface area contributed by atoms with E-state index in [1.165, 1.54) is 18.2 Å². The fourth-order valence-corrected chi connectivity index (χ4v) is 3.00. The highest BCUT2D eigenvalue weighted by atomic mass is 19.4. The van der Waals surface area contributed by atoms with E-state index in [1.54, 1.807) is 0 Å². The summed E-state index contributed by atoms with van der Waals surface area (Å²) in [5.41, 5.74) is 3.55. The van der Waals surface area contributed by atoms with Crippen LogP contribution in [0.4, 0.5) is 48.2 Å². The third-order valence-corrected chi connectivity index (χ3v) is 4.58. The number of nitrogens with one attached hydrogen (secondary N) is 3. The molecule has 0 fully saturated rings. The van der Waals surface area contributed by atoms with Gasteiger partial charge in [-0.25, -0.2) is 22.5 Å². The van der Waals surface area contributed by atoms with Crippen LogP contribution in [-0.2, 0) is 0 Å². The van der Waals surface area contributed by atoms with Gasteiger partial charge in [-0.2, -0.15) is 4.98 Å². The normalized spacial score (nSPS) is 11.5. The summed E-state index contributed by atoms with van der Waals surface area (Å²) in [6, 6.07) is 6.27. The number of hydrogen-bond donors (Lipinski definition) is 3. The minimum absolute atomic E-state index is 0.0315. The number of hydrazine groups is 1. The van der Waals surface area contributed by atoms with E-state index in [1.807, 2.05) is 24.4 Å². The molecule has 3 rings (SSSR count). The van der Waals surface area contributed by atoms with Crippen molar-refractivity contribution in [3.63, 3.8) is 0 Å². The van der Waals surface area contributed by atoms with Crippen LogP contribution in [0, 0.1) is 23.3 Å². The summed E-state index contributed by atoms with van der Waals surface area (Å²) in [5, 5.41) is 2.95. The Bertz CT molecular complexity index is 1180. The molecule has 14 heteroatoms. The lowest BCUT2D eigenvalue weighted by Gasteiger charge is -2.15. The first-order valence-corrected chi connectivity index (χ1v) is 10.4. The number of nitrogens with zero attached hydrogens (tertiary/aromatic N) is 3. The second-order valence-corrected chi connectivity index (χ2v) is 7.71. The number of aromatic nitrogens is 2. The smallest absolute Gasteiger partial charge is 0.406 e. The second-order valence-electron chi connectivity index (χ2n) is 7.71. The second kappa shape index (κ2) is 11.3. The Labute approximate surface area is 201 Å². The molecule has 0 bridgehead atoms. The number of benzene rings is 2. The van der Waals surface area contributed by atoms with Crippen LogP contribution in [0.25, 0.3) is 11.3 Å². The summed E-state index contributed by atoms with van der Waals surface area (Å²) >= 11 is 0. The maximum absolute atomic E-state index is 14.0. The fraction of sp³-hybridized carbons (Fsp3) is 0.273. The largest absolute Gasteiger partial charge is 0.573 e. The molecule has 0 amide bonds. The van der Waals surface area contributed by atoms with Crippen molar-refractivity contribution in [2.24, 2.45) is 0 Å². The third kappa shape index (κ3) is 7.34. The molecular weight excluding hydrogens is 497 g/mol. The SMILES string of the molecule is CN(C)CCCNc1nc(NNc2c(F)c(F)cc(F)c2F)cc(-c2cccc(OC(F)(F)F)c2)n1. The Balaban J connectivity index is 1.91. The van der Waals surface area contributed by atoms with Crippen LogP contribution >= 0.6 is 0 Å². The van der Waals surface area contributed by atoms with Gasteiger partial charge >= 0.3 is 6.36 Å². The molecule has 1 heterocycles. The Morgan fingerprint density at radius 1 is 0.917 bits per heavy atom. The summed E-state index contributed by atoms with van der Waals surface area (Å²) in [6.45, 7) is 1.16. The van der Waals surface area contributed by atoms with Gasteiger partial charge < -0.3 is 15.0 Å². The predicted octanol–water partition coefficient (Wildman–Crippen LogP) is 5.40. The summed E-state index contributed by atoms with van der Waals surface area (Å²) in [7, 11) is 3.77. The van der Waals surface area contributed by atoms with Crippen LogP contribution in [-0.4, -0.2) is 48.4 Å². The molecular formula is C22H21F7N6O. The van der Waals surface area contributed by atoms with Crippen LogP contribution in [0.15, 0.2) is 36.4 Å². The molecule has 2 aromatic carbocycles. The number of halogens is 7. The molecule has 36 heavy (non-hydrogen) atoms. The van der Waals surface area contributed by atoms with Crippen LogP contribution in [0.5, 0.6) is 5.75 Å². The number of anilines is 3. The van der Waals surface area contributed by atoms with Crippen molar-refractivity contribution >= 4 is 17.5 Å². The van der Waals surface area contributed by atoms with Gasteiger partial charge in [0.1, 0.15) is 11.4 Å². The molecule has 0 aliphatic heterocycles. The minimum atomic E-state index is -4.91. The van der Waals surface area contributed by atoms with Gasteiger partial charge in [-0.15, -0.1) is 13.2 Å². The zero-order chi connectivity index (χ0) is 26.5. The lowest BCUT2D eigenvalue weighted by atomic mass is 10.1. The molecule has 1 aromatic heterocycles. The number of hydrogen-bond acceptors (Lipinski definition) is 7. The molecule has 0 aliphatic carbocycles. The molecule has 0 aliphatic rings. The first-order chi connectivity index (χ1) is 16.9. The van der Waals surface area contributed by atoms with Crippen molar-refractivity contribution in [3.05, 3.63) is 59.7 Å². The molecule has 3 aromatic rings. The molecule has 0 saturated heterocycles. The quantitative estimate of drug-likeness (QED) is 0.144. The summed E-state index contributed by atoms with van der Waals surface area (Å²) in [6.07, 6.45) is -4.22. The summed E-state index contributed by atoms with van der Waals surface area (Å²) in [5.74, 6) is -7.15. The van der Waals surface area contributed by atoms with Crippen molar-refractivity contribution in [1.29, 1.82) is 0 Å². The van der Waals surface area contributed by atoms with Crippen molar-refractivity contribution in [2.45, 2.75) is 12.8 Å². The fourth-order valence-electron chi connectivity index (χ4n) is 3.00. The van der Waals surface area contributed by atoms with Crippen LogP contribution < -0.4 is 20.9 Å². The first-order valence-electron chi connectivity index (χ1n) is 10.4. The lowest BCUT2D eigenvalue weighted by Crippen LogP contribution is -2.18. The molecule has 0 spiro atoms. The van der Waals surface area contributed by atoms with Crippen molar-refractivity contribution < 1.29 is 35.5 Å². The molecule has 0 saturated carbocycles. The van der Waals surface area contributed by atoms with Crippen LogP contribution in [0.2, 0.25) is 0 Å². The van der Waals surface area contributed by atoms with E-state index in [-0.39, 0.29) is 29.1 Å². The maximum atomic E-state index is 14.0. The highest BCUT2D eigenvalue weighted by Gasteiger charge is 2.31. The summed E-state index contributed by atoms with van der Waals surface area (Å²) in [4.78, 5) is 10.3. The van der Waals surface area contributed by atoms with Gasteiger partial charge in [-0.3, -0.25) is 10.9 Å². The molecule has 0 atom stereocenters. The van der Waals surface area contributed by atoms with Gasteiger partial charge in [0, 0.05) is 24.2 Å². The van der Waals surface area contributed by atoms with E-state index in [2.05, 4.69) is 25.4 Å². The maximum Gasteiger partial charge on any atom is 0.573 e. The number of alkyl halides is 3. The zero-order valence-electron chi connectivity index (χ0n) is 19.0. The summed E-state index contributed by atoms with van der Waals surface area (Å²) < 4.78 is 96.8. The average molecular weight is 518 g/mol. The van der Waals surface area contributed by atoms with E-state index in [0.29, 0.717) is 13.0 Å². The number of rotatable bonds is 10. The topological polar surface area (TPSA) is 74.3 Å². The highest BCUT2D eigenvalue weighted by Crippen LogP contribution is 2.29. The van der Waals surface area contributed by atoms with Crippen LogP contribution in [0.1, 0.15) is 6.42 Å². The van der Waals surface area contributed by atoms with Crippen molar-refractivity contribution in [2.75, 3.05) is 43.4 Å². The Morgan fingerprint density at radius 3 is 2.25 bits per heavy atom. The zero-order valence-corrected chi connectivity index (χ0v) is 19.0. The number of ether oxygens (including phenoxy) is 1. The highest BCUT2D eigenvalue weighted by molar-refractivity contribution is 5.66. The van der Waals surface area contributed by atoms with Gasteiger partial charge in [0.25, 0.3) is 0 Å². The van der Waals surface area contributed by atoms with Gasteiger partial charge in [-0.05, 0) is 39.2 Å². The standard InChI is InChI=1S/C22H21F7N6O/c1-35(2)8-4-7-30-21-31-16(12-5-3-6-13(9-12)36-22(27,28)29)11-17(32-21)33-34-20-18(25)14(23)10-15(24)19(20)26/h3,5-6,9-11,34H,4,7-8H2,1-2H3,(H2,30,31,32,33). The van der Waals surface area contributed by atoms with Gasteiger partial charge in [0.2, 0.25) is 5.95 Å². The molecule has 3 N–H and O–H groups in total. The monoisotopic (exact) mass is 518 g/mol. The molecule has 0 radical (unpaired) electrons. The van der Waals surface area contributed by atoms with E-state index < -0.39 is 41.1 Å². The minimum Gasteiger partial charge on any atom is -0.406 e. The van der Waals surface area contributed by atoms with Crippen LogP contribution in [0.3, 0.4) is 0 Å². The van der Waals surface area contributed by atoms with E-state index in [4.69, 9.17) is 0 Å². The Kier molecular flexibility index (Phi) is 8.40. The lowest BCUT2D eigenvalue weighted by molar-refractivity contribution is -0.274. The van der Waals surface area contributed by atoms with Gasteiger partial charge in [0.15, 0.2) is 29.1 Å². The van der Waals surface area contributed by atoms with Gasteiger partial charge in [-0.1, -0.05) is 12.1 Å².